The first-order chi connectivity index (χ1) is 11.5. The molecule has 2 N–H and O–H groups in total. The summed E-state index contributed by atoms with van der Waals surface area (Å²) in [6, 6.07) is 4.46. The van der Waals surface area contributed by atoms with Crippen molar-refractivity contribution in [3.05, 3.63) is 30.3 Å². The molecule has 1 amide bonds. The number of carboxylic acid groups (broad SMARTS) is 1. The number of nitrogens with zero attached hydrogens (tertiary/aromatic N) is 3. The van der Waals surface area contributed by atoms with Gasteiger partial charge in [0, 0.05) is 19.0 Å². The molecule has 2 atom stereocenters. The van der Waals surface area contributed by atoms with Crippen molar-refractivity contribution in [3.8, 4) is 11.5 Å². The van der Waals surface area contributed by atoms with Crippen LogP contribution in [0.2, 0.25) is 0 Å². The summed E-state index contributed by atoms with van der Waals surface area (Å²) in [5, 5.41) is 15.5. The van der Waals surface area contributed by atoms with E-state index in [1.807, 2.05) is 13.0 Å². The zero-order valence-electron chi connectivity index (χ0n) is 13.6. The first kappa shape index (κ1) is 17.6. The quantitative estimate of drug-likeness (QED) is 0.755. The van der Waals surface area contributed by atoms with Gasteiger partial charge in [-0.3, -0.25) is 9.78 Å². The Balaban J connectivity index is 1.90. The number of hydrogen-bond acceptors (Lipinski definition) is 6. The van der Waals surface area contributed by atoms with Crippen molar-refractivity contribution in [1.82, 2.24) is 20.4 Å². The molecule has 2 aromatic rings. The molecular formula is C16H20N4O4. The Labute approximate surface area is 139 Å². The van der Waals surface area contributed by atoms with Gasteiger partial charge in [-0.05, 0) is 18.1 Å². The maximum atomic E-state index is 12.0. The third-order valence-corrected chi connectivity index (χ3v) is 3.72. The molecule has 0 aliphatic heterocycles. The maximum Gasteiger partial charge on any atom is 0.326 e. The first-order valence-corrected chi connectivity index (χ1v) is 7.77. The lowest BCUT2D eigenvalue weighted by molar-refractivity contribution is -0.143. The zero-order valence-corrected chi connectivity index (χ0v) is 13.6. The van der Waals surface area contributed by atoms with Crippen LogP contribution in [0.15, 0.2) is 28.9 Å². The van der Waals surface area contributed by atoms with E-state index in [0.717, 1.165) is 0 Å². The van der Waals surface area contributed by atoms with E-state index in [9.17, 15) is 14.7 Å². The predicted octanol–water partition coefficient (Wildman–Crippen LogP) is 1.68. The second-order valence-electron chi connectivity index (χ2n) is 5.50. The minimum atomic E-state index is -1.03. The Hall–Kier alpha value is -2.77. The molecule has 0 saturated heterocycles. The summed E-state index contributed by atoms with van der Waals surface area (Å²) in [7, 11) is 0. The number of nitrogens with one attached hydrogen (secondary N) is 1. The minimum absolute atomic E-state index is 0.0735. The lowest BCUT2D eigenvalue weighted by Crippen LogP contribution is -2.45. The average molecular weight is 332 g/mol. The molecule has 2 heterocycles. The van der Waals surface area contributed by atoms with Crippen molar-refractivity contribution in [2.24, 2.45) is 5.92 Å². The number of aromatic nitrogens is 3. The number of aryl methyl sites for hydroxylation is 1. The molecule has 0 fully saturated rings. The summed E-state index contributed by atoms with van der Waals surface area (Å²) in [6.45, 7) is 3.67. The fourth-order valence-electron chi connectivity index (χ4n) is 2.10. The minimum Gasteiger partial charge on any atom is -0.480 e. The van der Waals surface area contributed by atoms with Crippen molar-refractivity contribution in [2.45, 2.75) is 39.2 Å². The van der Waals surface area contributed by atoms with E-state index >= 15 is 0 Å². The van der Waals surface area contributed by atoms with Gasteiger partial charge in [0.15, 0.2) is 0 Å². The van der Waals surface area contributed by atoms with Crippen LogP contribution < -0.4 is 5.32 Å². The maximum absolute atomic E-state index is 12.0. The van der Waals surface area contributed by atoms with E-state index in [1.165, 1.54) is 0 Å². The second-order valence-corrected chi connectivity index (χ2v) is 5.50. The van der Waals surface area contributed by atoms with Crippen LogP contribution in [0.25, 0.3) is 11.5 Å². The summed E-state index contributed by atoms with van der Waals surface area (Å²) < 4.78 is 5.09. The molecule has 0 unspecified atom stereocenters. The Morgan fingerprint density at radius 3 is 2.79 bits per heavy atom. The number of amides is 1. The van der Waals surface area contributed by atoms with E-state index in [4.69, 9.17) is 4.52 Å². The molecule has 128 valence electrons. The van der Waals surface area contributed by atoms with Gasteiger partial charge in [0.05, 0.1) is 0 Å². The Bertz CT molecular complexity index is 686. The predicted molar refractivity (Wildman–Crippen MR) is 84.9 cm³/mol. The highest BCUT2D eigenvalue weighted by molar-refractivity contribution is 5.83. The highest BCUT2D eigenvalue weighted by atomic mass is 16.5. The van der Waals surface area contributed by atoms with Crippen molar-refractivity contribution >= 4 is 11.9 Å². The van der Waals surface area contributed by atoms with Gasteiger partial charge in [0.1, 0.15) is 11.7 Å². The Kier molecular flexibility index (Phi) is 6.00. The van der Waals surface area contributed by atoms with Gasteiger partial charge in [0.25, 0.3) is 0 Å². The summed E-state index contributed by atoms with van der Waals surface area (Å²) >= 11 is 0. The molecule has 2 rings (SSSR count). The standard InChI is InChI=1S/C16H20N4O4/c1-3-10(2)14(16(22)23)18-12(21)7-8-13-19-15(20-24-13)11-6-4-5-9-17-11/h4-6,9-10,14H,3,7-8H2,1-2H3,(H,18,21)(H,22,23)/t10-,14-/m0/s1. The lowest BCUT2D eigenvalue weighted by Gasteiger charge is -2.19. The van der Waals surface area contributed by atoms with Crippen LogP contribution in [0.3, 0.4) is 0 Å². The number of rotatable bonds is 8. The topological polar surface area (TPSA) is 118 Å². The summed E-state index contributed by atoms with van der Waals surface area (Å²) in [4.78, 5) is 31.5. The number of carboxylic acids is 1. The molecule has 0 aliphatic rings. The highest BCUT2D eigenvalue weighted by Gasteiger charge is 2.25. The van der Waals surface area contributed by atoms with Gasteiger partial charge in [-0.15, -0.1) is 0 Å². The van der Waals surface area contributed by atoms with Crippen molar-refractivity contribution in [3.63, 3.8) is 0 Å². The molecule has 2 aromatic heterocycles. The van der Waals surface area contributed by atoms with Crippen molar-refractivity contribution in [2.75, 3.05) is 0 Å². The SMILES string of the molecule is CC[C@H](C)[C@H](NC(=O)CCc1nc(-c2ccccn2)no1)C(=O)O. The molecular weight excluding hydrogens is 312 g/mol. The third-order valence-electron chi connectivity index (χ3n) is 3.72. The molecule has 0 saturated carbocycles. The normalized spacial score (nSPS) is 13.2. The van der Waals surface area contributed by atoms with Gasteiger partial charge < -0.3 is 14.9 Å². The number of hydrogen-bond donors (Lipinski definition) is 2. The van der Waals surface area contributed by atoms with Crippen LogP contribution in [0.5, 0.6) is 0 Å². The van der Waals surface area contributed by atoms with Crippen molar-refractivity contribution < 1.29 is 19.2 Å². The van der Waals surface area contributed by atoms with Crippen LogP contribution in [-0.2, 0) is 16.0 Å². The molecule has 0 aromatic carbocycles. The summed E-state index contributed by atoms with van der Waals surface area (Å²) in [5.74, 6) is -0.880. The lowest BCUT2D eigenvalue weighted by atomic mass is 9.99. The van der Waals surface area contributed by atoms with Gasteiger partial charge in [-0.2, -0.15) is 4.98 Å². The summed E-state index contributed by atoms with van der Waals surface area (Å²) in [6.07, 6.45) is 2.59. The molecule has 8 heteroatoms. The van der Waals surface area contributed by atoms with Gasteiger partial charge in [0.2, 0.25) is 17.6 Å². The van der Waals surface area contributed by atoms with Crippen LogP contribution in [0, 0.1) is 5.92 Å². The number of carbonyl (C=O) groups is 2. The van der Waals surface area contributed by atoms with Crippen LogP contribution >= 0.6 is 0 Å². The van der Waals surface area contributed by atoms with Crippen LogP contribution in [0.1, 0.15) is 32.6 Å². The van der Waals surface area contributed by atoms with E-state index in [-0.39, 0.29) is 24.7 Å². The number of aliphatic carboxylic acids is 1. The smallest absolute Gasteiger partial charge is 0.326 e. The van der Waals surface area contributed by atoms with E-state index in [0.29, 0.717) is 23.8 Å². The largest absolute Gasteiger partial charge is 0.480 e. The van der Waals surface area contributed by atoms with Crippen molar-refractivity contribution in [1.29, 1.82) is 0 Å². The van der Waals surface area contributed by atoms with Crippen LogP contribution in [0.4, 0.5) is 0 Å². The second kappa shape index (κ2) is 8.19. The molecule has 0 bridgehead atoms. The molecule has 24 heavy (non-hydrogen) atoms. The van der Waals surface area contributed by atoms with Crippen LogP contribution in [-0.4, -0.2) is 38.1 Å². The van der Waals surface area contributed by atoms with E-state index in [1.54, 1.807) is 25.3 Å². The third kappa shape index (κ3) is 4.61. The van der Waals surface area contributed by atoms with Gasteiger partial charge in [-0.25, -0.2) is 4.79 Å². The average Bonchev–Trinajstić information content (AvgIpc) is 3.06. The number of carbonyl (C=O) groups excluding carboxylic acids is 1. The molecule has 8 nitrogen and oxygen atoms in total. The number of pyridine rings is 1. The Morgan fingerprint density at radius 1 is 1.38 bits per heavy atom. The fraction of sp³-hybridized carbons (Fsp3) is 0.438. The fourth-order valence-corrected chi connectivity index (χ4v) is 2.10. The van der Waals surface area contributed by atoms with E-state index < -0.39 is 12.0 Å². The molecule has 0 spiro atoms. The summed E-state index contributed by atoms with van der Waals surface area (Å²) in [5.41, 5.74) is 0.583. The molecule has 0 radical (unpaired) electrons. The monoisotopic (exact) mass is 332 g/mol. The Morgan fingerprint density at radius 2 is 2.17 bits per heavy atom. The van der Waals surface area contributed by atoms with E-state index in [2.05, 4.69) is 20.4 Å². The van der Waals surface area contributed by atoms with Gasteiger partial charge in [-0.1, -0.05) is 31.5 Å². The molecule has 0 aliphatic carbocycles. The van der Waals surface area contributed by atoms with Gasteiger partial charge >= 0.3 is 5.97 Å². The highest BCUT2D eigenvalue weighted by Crippen LogP contribution is 2.13. The first-order valence-electron chi connectivity index (χ1n) is 7.77. The zero-order chi connectivity index (χ0) is 17.5.